The van der Waals surface area contributed by atoms with Crippen LogP contribution >= 0.6 is 0 Å². The predicted octanol–water partition coefficient (Wildman–Crippen LogP) is 4.36. The van der Waals surface area contributed by atoms with E-state index in [4.69, 9.17) is 19.2 Å². The molecule has 2 bridgehead atoms. The highest BCUT2D eigenvalue weighted by molar-refractivity contribution is 5.51. The van der Waals surface area contributed by atoms with Crippen molar-refractivity contribution in [2.75, 3.05) is 37.6 Å². The molecule has 0 amide bonds. The molecule has 36 heavy (non-hydrogen) atoms. The number of ether oxygens (including phenoxy) is 2. The first kappa shape index (κ1) is 24.6. The zero-order chi connectivity index (χ0) is 25.1. The van der Waals surface area contributed by atoms with Crippen molar-refractivity contribution in [3.8, 4) is 0 Å². The lowest BCUT2D eigenvalue weighted by Gasteiger charge is -2.60. The highest BCUT2D eigenvalue weighted by Crippen LogP contribution is 2.60. The summed E-state index contributed by atoms with van der Waals surface area (Å²) in [6, 6.07) is 6.88. The lowest BCUT2D eigenvalue weighted by molar-refractivity contribution is -0.571. The molecule has 1 aromatic carbocycles. The van der Waals surface area contributed by atoms with E-state index in [0.717, 1.165) is 64.1 Å². The molecule has 6 aliphatic rings. The first-order valence-corrected chi connectivity index (χ1v) is 13.7. The Bertz CT molecular complexity index is 969. The molecule has 5 saturated heterocycles. The zero-order valence-electron chi connectivity index (χ0n) is 21.6. The highest BCUT2D eigenvalue weighted by Gasteiger charge is 2.69. The van der Waals surface area contributed by atoms with Crippen molar-refractivity contribution in [2.45, 2.75) is 76.7 Å². The second-order valence-corrected chi connectivity index (χ2v) is 11.8. The topological polar surface area (TPSA) is 86.5 Å². The van der Waals surface area contributed by atoms with Gasteiger partial charge in [0.05, 0.1) is 11.0 Å². The van der Waals surface area contributed by atoms with Gasteiger partial charge in [-0.2, -0.15) is 0 Å². The lowest BCUT2D eigenvalue weighted by Crippen LogP contribution is -2.70. The SMILES string of the molecule is C[C@H]1[C@@H](CCN2CCN(c3ccc([N+](=O)[O-])cc3)CC2)O[C@@H]2O[C@@]3(C)CC[C@H]4[C@H](C)CC[C@@H]1[C@@]24OO3. The Hall–Kier alpha value is -1.78. The molecule has 0 aromatic heterocycles. The van der Waals surface area contributed by atoms with Crippen LogP contribution in [0.5, 0.6) is 0 Å². The van der Waals surface area contributed by atoms with E-state index in [1.54, 1.807) is 12.1 Å². The van der Waals surface area contributed by atoms with Crippen molar-refractivity contribution in [1.29, 1.82) is 0 Å². The van der Waals surface area contributed by atoms with Crippen molar-refractivity contribution in [3.63, 3.8) is 0 Å². The molecule has 0 radical (unpaired) electrons. The van der Waals surface area contributed by atoms with Crippen LogP contribution < -0.4 is 4.90 Å². The summed E-state index contributed by atoms with van der Waals surface area (Å²) in [7, 11) is 0. The number of benzene rings is 1. The van der Waals surface area contributed by atoms with Gasteiger partial charge in [0.1, 0.15) is 0 Å². The number of nitrogens with zero attached hydrogens (tertiary/aromatic N) is 3. The summed E-state index contributed by atoms with van der Waals surface area (Å²) < 4.78 is 13.3. The van der Waals surface area contributed by atoms with E-state index in [-0.39, 0.29) is 23.0 Å². The maximum Gasteiger partial charge on any atom is 0.269 e. The number of hydrogen-bond acceptors (Lipinski definition) is 8. The number of hydrogen-bond donors (Lipinski definition) is 0. The highest BCUT2D eigenvalue weighted by atomic mass is 17.3. The second-order valence-electron chi connectivity index (χ2n) is 11.8. The molecule has 0 N–H and O–H groups in total. The molecule has 1 aliphatic carbocycles. The van der Waals surface area contributed by atoms with E-state index in [9.17, 15) is 10.1 Å². The van der Waals surface area contributed by atoms with Gasteiger partial charge in [0.2, 0.25) is 5.79 Å². The maximum atomic E-state index is 10.9. The standard InChI is InChI=1S/C27H39N3O6/c1-18-4-9-23-19(2)24(33-25-27(23)22(18)10-12-26(3,34-25)35-36-27)11-13-28-14-16-29(17-15-28)20-5-7-21(8-6-20)30(31)32/h5-8,18-19,22-25H,4,9-17H2,1-3H3/t18-,19-,22+,23+,24-,25-,26-,27-/m1/s1. The fourth-order valence-electron chi connectivity index (χ4n) is 7.63. The van der Waals surface area contributed by atoms with E-state index in [0.29, 0.717) is 23.7 Å². The van der Waals surface area contributed by atoms with Crippen LogP contribution in [0.15, 0.2) is 24.3 Å². The summed E-state index contributed by atoms with van der Waals surface area (Å²) in [5.74, 6) is 1.02. The molecule has 5 heterocycles. The number of anilines is 1. The van der Waals surface area contributed by atoms with Crippen molar-refractivity contribution in [1.82, 2.24) is 4.90 Å². The first-order valence-electron chi connectivity index (χ1n) is 13.7. The maximum absolute atomic E-state index is 10.9. The van der Waals surface area contributed by atoms with Gasteiger partial charge in [0.25, 0.3) is 5.69 Å². The molecule has 9 nitrogen and oxygen atoms in total. The van der Waals surface area contributed by atoms with Crippen LogP contribution in [0.25, 0.3) is 0 Å². The summed E-state index contributed by atoms with van der Waals surface area (Å²) in [6.45, 7) is 11.4. The number of nitro groups is 1. The van der Waals surface area contributed by atoms with Gasteiger partial charge in [0, 0.05) is 62.9 Å². The third-order valence-electron chi connectivity index (χ3n) is 9.82. The summed E-state index contributed by atoms with van der Waals surface area (Å²) >= 11 is 0. The minimum Gasteiger partial charge on any atom is -0.369 e. The van der Waals surface area contributed by atoms with E-state index in [2.05, 4.69) is 23.6 Å². The third kappa shape index (κ3) is 4.04. The molecule has 0 unspecified atom stereocenters. The van der Waals surface area contributed by atoms with Gasteiger partial charge in [-0.1, -0.05) is 13.8 Å². The van der Waals surface area contributed by atoms with Crippen LogP contribution in [-0.4, -0.2) is 66.3 Å². The van der Waals surface area contributed by atoms with Crippen molar-refractivity contribution >= 4 is 11.4 Å². The smallest absolute Gasteiger partial charge is 0.269 e. The van der Waals surface area contributed by atoms with Gasteiger partial charge in [-0.05, 0) is 62.5 Å². The van der Waals surface area contributed by atoms with Gasteiger partial charge >= 0.3 is 0 Å². The van der Waals surface area contributed by atoms with Gasteiger partial charge in [-0.25, -0.2) is 9.78 Å². The summed E-state index contributed by atoms with van der Waals surface area (Å²) in [4.78, 5) is 27.6. The molecule has 7 rings (SSSR count). The summed E-state index contributed by atoms with van der Waals surface area (Å²) in [5.41, 5.74) is 0.698. The quantitative estimate of drug-likeness (QED) is 0.334. The van der Waals surface area contributed by atoms with Crippen LogP contribution in [0.4, 0.5) is 11.4 Å². The summed E-state index contributed by atoms with van der Waals surface area (Å²) in [5, 5.41) is 10.9. The predicted molar refractivity (Wildman–Crippen MR) is 133 cm³/mol. The van der Waals surface area contributed by atoms with E-state index < -0.39 is 11.4 Å². The van der Waals surface area contributed by atoms with Crippen molar-refractivity contribution in [2.24, 2.45) is 23.7 Å². The molecule has 198 valence electrons. The number of non-ortho nitro benzene ring substituents is 1. The van der Waals surface area contributed by atoms with Gasteiger partial charge in [-0.15, -0.1) is 0 Å². The lowest BCUT2D eigenvalue weighted by atomic mass is 9.57. The molecule has 1 aromatic rings. The molecule has 1 saturated carbocycles. The molecule has 9 heteroatoms. The van der Waals surface area contributed by atoms with E-state index >= 15 is 0 Å². The largest absolute Gasteiger partial charge is 0.369 e. The molecule has 1 spiro atoms. The Labute approximate surface area is 213 Å². The van der Waals surface area contributed by atoms with Crippen molar-refractivity contribution in [3.05, 3.63) is 34.4 Å². The Morgan fingerprint density at radius 2 is 1.78 bits per heavy atom. The van der Waals surface area contributed by atoms with E-state index in [1.165, 1.54) is 6.42 Å². The van der Waals surface area contributed by atoms with Gasteiger partial charge in [-0.3, -0.25) is 15.0 Å². The van der Waals surface area contributed by atoms with Crippen LogP contribution in [0.2, 0.25) is 0 Å². The number of piperazine rings is 1. The molecule has 8 atom stereocenters. The van der Waals surface area contributed by atoms with Crippen LogP contribution in [0, 0.1) is 33.8 Å². The summed E-state index contributed by atoms with van der Waals surface area (Å²) in [6.07, 6.45) is 5.01. The molecule has 5 aliphatic heterocycles. The Morgan fingerprint density at radius 3 is 2.50 bits per heavy atom. The molecule has 6 fully saturated rings. The molecular weight excluding hydrogens is 462 g/mol. The Morgan fingerprint density at radius 1 is 1.03 bits per heavy atom. The zero-order valence-corrected chi connectivity index (χ0v) is 21.6. The minimum atomic E-state index is -0.725. The number of nitro benzene ring substituents is 1. The monoisotopic (exact) mass is 501 g/mol. The third-order valence-corrected chi connectivity index (χ3v) is 9.82. The Kier molecular flexibility index (Phi) is 6.28. The van der Waals surface area contributed by atoms with E-state index in [1.807, 2.05) is 19.1 Å². The van der Waals surface area contributed by atoms with Gasteiger partial charge < -0.3 is 14.4 Å². The number of fused-ring (bicyclic) bond motifs is 2. The average Bonchev–Trinajstić information content (AvgIpc) is 3.11. The minimum absolute atomic E-state index is 0.135. The van der Waals surface area contributed by atoms with Crippen LogP contribution in [0.3, 0.4) is 0 Å². The Balaban J connectivity index is 1.08. The number of rotatable bonds is 5. The first-order chi connectivity index (χ1) is 17.3. The van der Waals surface area contributed by atoms with Crippen molar-refractivity contribution < 1.29 is 24.2 Å². The fraction of sp³-hybridized carbons (Fsp3) is 0.778. The fourth-order valence-corrected chi connectivity index (χ4v) is 7.63. The molecular formula is C27H39N3O6. The van der Waals surface area contributed by atoms with Crippen LogP contribution in [0.1, 0.15) is 52.9 Å². The average molecular weight is 502 g/mol. The van der Waals surface area contributed by atoms with Crippen LogP contribution in [-0.2, 0) is 19.2 Å². The second kappa shape index (κ2) is 9.20. The normalized spacial score (nSPS) is 42.6. The van der Waals surface area contributed by atoms with Gasteiger partial charge in [0.15, 0.2) is 11.9 Å².